The Bertz CT molecular complexity index is 372. The summed E-state index contributed by atoms with van der Waals surface area (Å²) in [5.74, 6) is 0.450. The van der Waals surface area contributed by atoms with Gasteiger partial charge in [0.05, 0.1) is 11.9 Å². The standard InChI is InChI=1S/C9H11N3O2.ClH/c1-12-7-2-3-11-4-8(7)14-5-6(10)9(12)13;/h2-4,6H,5,10H2,1H3;1H. The van der Waals surface area contributed by atoms with E-state index in [0.29, 0.717) is 11.4 Å². The van der Waals surface area contributed by atoms with Gasteiger partial charge in [0, 0.05) is 13.2 Å². The Hall–Kier alpha value is -1.33. The normalized spacial score (nSPS) is 19.7. The molecule has 2 heterocycles. The summed E-state index contributed by atoms with van der Waals surface area (Å²) in [7, 11) is 1.68. The average Bonchev–Trinajstić information content (AvgIpc) is 2.32. The number of hydrogen-bond donors (Lipinski definition) is 1. The van der Waals surface area contributed by atoms with Crippen LogP contribution < -0.4 is 15.4 Å². The molecule has 0 saturated heterocycles. The molecule has 0 aromatic carbocycles. The summed E-state index contributed by atoms with van der Waals surface area (Å²) < 4.78 is 5.35. The summed E-state index contributed by atoms with van der Waals surface area (Å²) in [5.41, 5.74) is 6.32. The van der Waals surface area contributed by atoms with Gasteiger partial charge in [-0.3, -0.25) is 9.78 Å². The van der Waals surface area contributed by atoms with Crippen molar-refractivity contribution in [3.05, 3.63) is 18.5 Å². The van der Waals surface area contributed by atoms with Crippen LogP contribution in [0.15, 0.2) is 18.5 Å². The summed E-state index contributed by atoms with van der Waals surface area (Å²) in [5, 5.41) is 0. The van der Waals surface area contributed by atoms with E-state index in [2.05, 4.69) is 4.98 Å². The molecule has 0 fully saturated rings. The average molecular weight is 230 g/mol. The first-order valence-corrected chi connectivity index (χ1v) is 4.30. The van der Waals surface area contributed by atoms with Crippen molar-refractivity contribution < 1.29 is 9.53 Å². The van der Waals surface area contributed by atoms with Crippen LogP contribution in [0.5, 0.6) is 5.75 Å². The van der Waals surface area contributed by atoms with E-state index in [9.17, 15) is 4.79 Å². The van der Waals surface area contributed by atoms with Gasteiger partial charge in [-0.15, -0.1) is 12.4 Å². The minimum absolute atomic E-state index is 0. The maximum atomic E-state index is 11.6. The number of hydrogen-bond acceptors (Lipinski definition) is 4. The second kappa shape index (κ2) is 4.46. The molecule has 1 aromatic heterocycles. The molecule has 1 unspecified atom stereocenters. The van der Waals surface area contributed by atoms with E-state index in [1.807, 2.05) is 0 Å². The van der Waals surface area contributed by atoms with Crippen LogP contribution in [0, 0.1) is 0 Å². The van der Waals surface area contributed by atoms with Crippen molar-refractivity contribution in [3.63, 3.8) is 0 Å². The molecule has 0 saturated carbocycles. The monoisotopic (exact) mass is 229 g/mol. The molecular formula is C9H12ClN3O2. The molecule has 0 aliphatic carbocycles. The van der Waals surface area contributed by atoms with E-state index in [1.165, 1.54) is 4.90 Å². The Kier molecular flexibility index (Phi) is 3.49. The van der Waals surface area contributed by atoms with Crippen LogP contribution in [-0.4, -0.2) is 30.6 Å². The van der Waals surface area contributed by atoms with Gasteiger partial charge in [0.2, 0.25) is 5.91 Å². The fourth-order valence-electron chi connectivity index (χ4n) is 1.38. The van der Waals surface area contributed by atoms with Crippen molar-refractivity contribution in [2.75, 3.05) is 18.6 Å². The topological polar surface area (TPSA) is 68.5 Å². The molecule has 1 aromatic rings. The van der Waals surface area contributed by atoms with Gasteiger partial charge in [0.15, 0.2) is 5.75 Å². The van der Waals surface area contributed by atoms with E-state index in [1.54, 1.807) is 25.5 Å². The minimum atomic E-state index is -0.604. The Morgan fingerprint density at radius 1 is 1.67 bits per heavy atom. The van der Waals surface area contributed by atoms with Crippen LogP contribution in [0.25, 0.3) is 0 Å². The number of likely N-dealkylation sites (N-methyl/N-ethyl adjacent to an activating group) is 1. The molecule has 1 amide bonds. The van der Waals surface area contributed by atoms with Crippen LogP contribution in [-0.2, 0) is 4.79 Å². The minimum Gasteiger partial charge on any atom is -0.488 e. The molecule has 0 spiro atoms. The highest BCUT2D eigenvalue weighted by Gasteiger charge is 2.26. The molecule has 2 rings (SSSR count). The number of aromatic nitrogens is 1. The van der Waals surface area contributed by atoms with Gasteiger partial charge >= 0.3 is 0 Å². The zero-order valence-electron chi connectivity index (χ0n) is 8.21. The van der Waals surface area contributed by atoms with Crippen molar-refractivity contribution in [1.29, 1.82) is 0 Å². The third kappa shape index (κ3) is 2.03. The van der Waals surface area contributed by atoms with Crippen LogP contribution >= 0.6 is 12.4 Å². The Morgan fingerprint density at radius 3 is 3.13 bits per heavy atom. The van der Waals surface area contributed by atoms with Gasteiger partial charge in [-0.05, 0) is 6.07 Å². The summed E-state index contributed by atoms with van der Waals surface area (Å²) >= 11 is 0. The number of pyridine rings is 1. The number of carbonyl (C=O) groups excluding carboxylic acids is 1. The van der Waals surface area contributed by atoms with Crippen molar-refractivity contribution >= 4 is 24.0 Å². The maximum absolute atomic E-state index is 11.6. The second-order valence-corrected chi connectivity index (χ2v) is 3.16. The van der Waals surface area contributed by atoms with Crippen LogP contribution in [0.3, 0.4) is 0 Å². The van der Waals surface area contributed by atoms with Crippen molar-refractivity contribution in [3.8, 4) is 5.75 Å². The van der Waals surface area contributed by atoms with Gasteiger partial charge in [-0.25, -0.2) is 0 Å². The number of nitrogens with two attached hydrogens (primary N) is 1. The fourth-order valence-corrected chi connectivity index (χ4v) is 1.38. The smallest absolute Gasteiger partial charge is 0.247 e. The van der Waals surface area contributed by atoms with E-state index in [4.69, 9.17) is 10.5 Å². The number of fused-ring (bicyclic) bond motifs is 1. The van der Waals surface area contributed by atoms with Crippen molar-refractivity contribution in [1.82, 2.24) is 4.98 Å². The molecule has 1 atom stereocenters. The molecule has 82 valence electrons. The molecule has 6 heteroatoms. The quantitative estimate of drug-likeness (QED) is 0.690. The predicted molar refractivity (Wildman–Crippen MR) is 58.4 cm³/mol. The largest absolute Gasteiger partial charge is 0.488 e. The molecule has 5 nitrogen and oxygen atoms in total. The highest BCUT2D eigenvalue weighted by atomic mass is 35.5. The van der Waals surface area contributed by atoms with Gasteiger partial charge in [0.1, 0.15) is 12.6 Å². The zero-order valence-corrected chi connectivity index (χ0v) is 9.03. The molecule has 0 bridgehead atoms. The number of rotatable bonds is 0. The van der Waals surface area contributed by atoms with Gasteiger partial charge in [-0.2, -0.15) is 0 Å². The second-order valence-electron chi connectivity index (χ2n) is 3.16. The van der Waals surface area contributed by atoms with Crippen LogP contribution in [0.1, 0.15) is 0 Å². The Balaban J connectivity index is 0.00000112. The summed E-state index contributed by atoms with van der Waals surface area (Å²) in [6.07, 6.45) is 3.19. The highest BCUT2D eigenvalue weighted by molar-refractivity contribution is 5.98. The lowest BCUT2D eigenvalue weighted by atomic mass is 10.3. The molecule has 2 N–H and O–H groups in total. The zero-order chi connectivity index (χ0) is 10.1. The summed E-state index contributed by atoms with van der Waals surface area (Å²) in [6, 6.07) is 1.12. The predicted octanol–water partition coefficient (Wildman–Crippen LogP) is 0.186. The SMILES string of the molecule is CN1C(=O)C(N)COc2cnccc21.Cl. The molecule has 0 radical (unpaired) electrons. The first-order valence-electron chi connectivity index (χ1n) is 4.30. The molecule has 1 aliphatic rings. The Morgan fingerprint density at radius 2 is 2.40 bits per heavy atom. The van der Waals surface area contributed by atoms with E-state index in [0.717, 1.165) is 0 Å². The Labute approximate surface area is 93.6 Å². The first-order chi connectivity index (χ1) is 6.70. The van der Waals surface area contributed by atoms with E-state index >= 15 is 0 Å². The lowest BCUT2D eigenvalue weighted by Crippen LogP contribution is -2.43. The lowest BCUT2D eigenvalue weighted by Gasteiger charge is -2.16. The summed E-state index contributed by atoms with van der Waals surface area (Å²) in [6.45, 7) is 0.196. The highest BCUT2D eigenvalue weighted by Crippen LogP contribution is 2.28. The lowest BCUT2D eigenvalue weighted by molar-refractivity contribution is -0.119. The number of ether oxygens (including phenoxy) is 1. The third-order valence-electron chi connectivity index (χ3n) is 2.19. The van der Waals surface area contributed by atoms with Crippen LogP contribution in [0.2, 0.25) is 0 Å². The third-order valence-corrected chi connectivity index (χ3v) is 2.19. The van der Waals surface area contributed by atoms with Crippen molar-refractivity contribution in [2.24, 2.45) is 5.73 Å². The molecule has 1 aliphatic heterocycles. The number of nitrogens with zero attached hydrogens (tertiary/aromatic N) is 2. The fraction of sp³-hybridized carbons (Fsp3) is 0.333. The summed E-state index contributed by atoms with van der Waals surface area (Å²) in [4.78, 5) is 17.0. The number of halogens is 1. The van der Waals surface area contributed by atoms with Gasteiger partial charge < -0.3 is 15.4 Å². The number of amides is 1. The van der Waals surface area contributed by atoms with Gasteiger partial charge in [-0.1, -0.05) is 0 Å². The maximum Gasteiger partial charge on any atom is 0.247 e. The number of carbonyl (C=O) groups is 1. The van der Waals surface area contributed by atoms with Gasteiger partial charge in [0.25, 0.3) is 0 Å². The first kappa shape index (κ1) is 11.7. The van der Waals surface area contributed by atoms with E-state index in [-0.39, 0.29) is 24.9 Å². The van der Waals surface area contributed by atoms with Crippen molar-refractivity contribution in [2.45, 2.75) is 6.04 Å². The molecule has 15 heavy (non-hydrogen) atoms. The van der Waals surface area contributed by atoms with Crippen LogP contribution in [0.4, 0.5) is 5.69 Å². The van der Waals surface area contributed by atoms with E-state index < -0.39 is 6.04 Å². The molecular weight excluding hydrogens is 218 g/mol. The number of anilines is 1.